The first-order valence-electron chi connectivity index (χ1n) is 6.37. The Balaban J connectivity index is 1.97. The average molecular weight is 300 g/mol. The van der Waals surface area contributed by atoms with Crippen LogP contribution >= 0.6 is 0 Å². The Hall–Kier alpha value is -3.07. The van der Waals surface area contributed by atoms with Crippen molar-refractivity contribution in [3.63, 3.8) is 0 Å². The van der Waals surface area contributed by atoms with Crippen LogP contribution in [-0.4, -0.2) is 37.4 Å². The van der Waals surface area contributed by atoms with E-state index < -0.39 is 11.6 Å². The standard InChI is InChI=1S/C13H12N6O3/c1-22-8-19-13(21)18-7-14-10(11(18)16-17-19)12(20)15-9-5-3-2-4-6-9/h2-7H,8H2,1H3,(H,15,20). The minimum atomic E-state index is -0.488. The molecule has 0 saturated heterocycles. The quantitative estimate of drug-likeness (QED) is 0.735. The van der Waals surface area contributed by atoms with Crippen molar-refractivity contribution in [2.24, 2.45) is 0 Å². The number of hydrogen-bond donors (Lipinski definition) is 1. The van der Waals surface area contributed by atoms with Crippen LogP contribution in [0.2, 0.25) is 0 Å². The van der Waals surface area contributed by atoms with Crippen LogP contribution < -0.4 is 11.0 Å². The highest BCUT2D eigenvalue weighted by Crippen LogP contribution is 2.09. The Morgan fingerprint density at radius 2 is 2.09 bits per heavy atom. The zero-order chi connectivity index (χ0) is 15.5. The molecule has 0 atom stereocenters. The van der Waals surface area contributed by atoms with Gasteiger partial charge < -0.3 is 10.1 Å². The van der Waals surface area contributed by atoms with Crippen LogP contribution in [0.1, 0.15) is 10.5 Å². The number of benzene rings is 1. The van der Waals surface area contributed by atoms with Crippen molar-refractivity contribution in [1.82, 2.24) is 24.4 Å². The number of hydrogen-bond acceptors (Lipinski definition) is 6. The maximum Gasteiger partial charge on any atom is 0.355 e. The summed E-state index contributed by atoms with van der Waals surface area (Å²) < 4.78 is 7.00. The van der Waals surface area contributed by atoms with Crippen molar-refractivity contribution in [2.45, 2.75) is 6.73 Å². The molecule has 1 N–H and O–H groups in total. The molecule has 9 nitrogen and oxygen atoms in total. The summed E-state index contributed by atoms with van der Waals surface area (Å²) in [7, 11) is 1.44. The molecule has 0 saturated carbocycles. The zero-order valence-corrected chi connectivity index (χ0v) is 11.6. The van der Waals surface area contributed by atoms with Crippen LogP contribution in [0.3, 0.4) is 0 Å². The molecule has 2 aromatic heterocycles. The van der Waals surface area contributed by atoms with Crippen molar-refractivity contribution < 1.29 is 9.53 Å². The van der Waals surface area contributed by atoms with Crippen LogP contribution in [-0.2, 0) is 11.5 Å². The average Bonchev–Trinajstić information content (AvgIpc) is 2.96. The molecule has 0 aliphatic carbocycles. The van der Waals surface area contributed by atoms with Gasteiger partial charge in [-0.25, -0.2) is 14.2 Å². The van der Waals surface area contributed by atoms with Crippen LogP contribution in [0.4, 0.5) is 5.69 Å². The summed E-state index contributed by atoms with van der Waals surface area (Å²) in [5.41, 5.74) is 0.247. The third-order valence-corrected chi connectivity index (χ3v) is 2.91. The van der Waals surface area contributed by atoms with E-state index in [2.05, 4.69) is 20.6 Å². The number of carbonyl (C=O) groups excluding carboxylic acids is 1. The molecule has 1 aromatic carbocycles. The molecule has 3 rings (SSSR count). The second kappa shape index (κ2) is 5.74. The lowest BCUT2D eigenvalue weighted by atomic mass is 10.3. The topological polar surface area (TPSA) is 103 Å². The maximum atomic E-state index is 12.2. The lowest BCUT2D eigenvalue weighted by Gasteiger charge is -2.03. The molecule has 112 valence electrons. The van der Waals surface area contributed by atoms with E-state index in [0.717, 1.165) is 9.08 Å². The van der Waals surface area contributed by atoms with Crippen molar-refractivity contribution >= 4 is 17.2 Å². The van der Waals surface area contributed by atoms with E-state index >= 15 is 0 Å². The van der Waals surface area contributed by atoms with E-state index in [1.165, 1.54) is 13.4 Å². The molecule has 0 aliphatic heterocycles. The van der Waals surface area contributed by atoms with Gasteiger partial charge in [-0.05, 0) is 12.1 Å². The predicted molar refractivity (Wildman–Crippen MR) is 76.4 cm³/mol. The number of nitrogens with zero attached hydrogens (tertiary/aromatic N) is 5. The number of nitrogens with one attached hydrogen (secondary N) is 1. The summed E-state index contributed by atoms with van der Waals surface area (Å²) in [5, 5.41) is 10.2. The fourth-order valence-electron chi connectivity index (χ4n) is 1.91. The van der Waals surface area contributed by atoms with Gasteiger partial charge in [0, 0.05) is 12.8 Å². The highest BCUT2D eigenvalue weighted by Gasteiger charge is 2.17. The summed E-state index contributed by atoms with van der Waals surface area (Å²) >= 11 is 0. The third-order valence-electron chi connectivity index (χ3n) is 2.91. The first kappa shape index (κ1) is 13.9. The Kier molecular flexibility index (Phi) is 3.62. The van der Waals surface area contributed by atoms with E-state index in [1.807, 2.05) is 6.07 Å². The van der Waals surface area contributed by atoms with Gasteiger partial charge in [0.05, 0.1) is 0 Å². The number of rotatable bonds is 4. The molecule has 3 aromatic rings. The van der Waals surface area contributed by atoms with Crippen LogP contribution in [0.25, 0.3) is 5.65 Å². The van der Waals surface area contributed by atoms with Gasteiger partial charge in [-0.3, -0.25) is 4.79 Å². The number of carbonyl (C=O) groups is 1. The summed E-state index contributed by atoms with van der Waals surface area (Å²) in [6.45, 7) is -0.0362. The Morgan fingerprint density at radius 3 is 2.82 bits per heavy atom. The normalized spacial score (nSPS) is 10.8. The molecule has 0 unspecified atom stereocenters. The monoisotopic (exact) mass is 300 g/mol. The fourth-order valence-corrected chi connectivity index (χ4v) is 1.91. The molecule has 9 heteroatoms. The van der Waals surface area contributed by atoms with Crippen molar-refractivity contribution in [3.8, 4) is 0 Å². The van der Waals surface area contributed by atoms with Crippen molar-refractivity contribution in [3.05, 3.63) is 52.8 Å². The largest absolute Gasteiger partial charge is 0.362 e. The lowest BCUT2D eigenvalue weighted by Crippen LogP contribution is -2.30. The highest BCUT2D eigenvalue weighted by atomic mass is 16.5. The molecule has 2 heterocycles. The molecule has 1 amide bonds. The minimum Gasteiger partial charge on any atom is -0.362 e. The van der Waals surface area contributed by atoms with Gasteiger partial charge in [-0.1, -0.05) is 23.4 Å². The van der Waals surface area contributed by atoms with Gasteiger partial charge in [0.15, 0.2) is 11.3 Å². The van der Waals surface area contributed by atoms with Crippen LogP contribution in [0, 0.1) is 0 Å². The molecular formula is C13H12N6O3. The number of imidazole rings is 1. The summed E-state index contributed by atoms with van der Waals surface area (Å²) in [4.78, 5) is 28.3. The smallest absolute Gasteiger partial charge is 0.355 e. The number of para-hydroxylation sites is 1. The maximum absolute atomic E-state index is 12.2. The van der Waals surface area contributed by atoms with Crippen molar-refractivity contribution in [2.75, 3.05) is 12.4 Å². The van der Waals surface area contributed by atoms with E-state index in [4.69, 9.17) is 4.74 Å². The zero-order valence-electron chi connectivity index (χ0n) is 11.6. The molecule has 0 radical (unpaired) electrons. The number of aromatic nitrogens is 5. The number of amides is 1. The Labute approximate surface area is 124 Å². The van der Waals surface area contributed by atoms with E-state index in [1.54, 1.807) is 24.3 Å². The SMILES string of the molecule is COCn1nnc2c(C(=O)Nc3ccccc3)ncn2c1=O. The highest BCUT2D eigenvalue weighted by molar-refractivity contribution is 6.06. The number of fused-ring (bicyclic) bond motifs is 1. The van der Waals surface area contributed by atoms with Crippen LogP contribution in [0.15, 0.2) is 41.5 Å². The minimum absolute atomic E-state index is 0.0259. The number of anilines is 1. The molecule has 0 spiro atoms. The number of ether oxygens (including phenoxy) is 1. The van der Waals surface area contributed by atoms with Gasteiger partial charge in [-0.2, -0.15) is 4.68 Å². The van der Waals surface area contributed by atoms with Crippen molar-refractivity contribution in [1.29, 1.82) is 0 Å². The fraction of sp³-hybridized carbons (Fsp3) is 0.154. The van der Waals surface area contributed by atoms with Gasteiger partial charge in [0.1, 0.15) is 13.1 Å². The second-order valence-corrected chi connectivity index (χ2v) is 4.40. The third kappa shape index (κ3) is 2.44. The molecule has 0 fully saturated rings. The molecular weight excluding hydrogens is 288 g/mol. The van der Waals surface area contributed by atoms with Crippen LogP contribution in [0.5, 0.6) is 0 Å². The van der Waals surface area contributed by atoms with Gasteiger partial charge in [0.25, 0.3) is 5.91 Å². The Bertz CT molecular complexity index is 870. The summed E-state index contributed by atoms with van der Waals surface area (Å²) in [6, 6.07) is 8.92. The van der Waals surface area contributed by atoms with E-state index in [-0.39, 0.29) is 18.1 Å². The van der Waals surface area contributed by atoms with Gasteiger partial charge in [-0.15, -0.1) is 5.10 Å². The molecule has 22 heavy (non-hydrogen) atoms. The van der Waals surface area contributed by atoms with Gasteiger partial charge >= 0.3 is 5.69 Å². The first-order chi connectivity index (χ1) is 10.7. The lowest BCUT2D eigenvalue weighted by molar-refractivity contribution is 0.102. The summed E-state index contributed by atoms with van der Waals surface area (Å²) in [6.07, 6.45) is 1.23. The molecule has 0 aliphatic rings. The Morgan fingerprint density at radius 1 is 1.32 bits per heavy atom. The predicted octanol–water partition coefficient (Wildman–Crippen LogP) is 0.142. The number of methoxy groups -OCH3 is 1. The first-order valence-corrected chi connectivity index (χ1v) is 6.37. The van der Waals surface area contributed by atoms with E-state index in [0.29, 0.717) is 5.69 Å². The van der Waals surface area contributed by atoms with Gasteiger partial charge in [0.2, 0.25) is 0 Å². The van der Waals surface area contributed by atoms with E-state index in [9.17, 15) is 9.59 Å². The molecule has 0 bridgehead atoms. The summed E-state index contributed by atoms with van der Waals surface area (Å²) in [5.74, 6) is -0.466. The second-order valence-electron chi connectivity index (χ2n) is 4.40.